The summed E-state index contributed by atoms with van der Waals surface area (Å²) in [5.74, 6) is 0.750. The number of hydrogen-bond acceptors (Lipinski definition) is 5. The maximum absolute atomic E-state index is 13.6. The first kappa shape index (κ1) is 26.5. The lowest BCUT2D eigenvalue weighted by molar-refractivity contribution is 0.341. The largest absolute Gasteiger partial charge is 0.368 e. The number of benzene rings is 2. The van der Waals surface area contributed by atoms with Crippen molar-refractivity contribution in [3.63, 3.8) is 0 Å². The van der Waals surface area contributed by atoms with Crippen LogP contribution in [0.3, 0.4) is 0 Å². The van der Waals surface area contributed by atoms with Crippen LogP contribution in [0.5, 0.6) is 0 Å². The Kier molecular flexibility index (Phi) is 8.48. The molecule has 0 radical (unpaired) electrons. The van der Waals surface area contributed by atoms with Gasteiger partial charge in [-0.2, -0.15) is 0 Å². The Balaban J connectivity index is 1.22. The number of nitrogens with one attached hydrogen (secondary N) is 2. The molecule has 2 N–H and O–H groups in total. The molecule has 202 valence electrons. The molecule has 0 spiro atoms. The van der Waals surface area contributed by atoms with E-state index < -0.39 is 10.0 Å². The van der Waals surface area contributed by atoms with Crippen LogP contribution in [-0.2, 0) is 16.6 Å². The Morgan fingerprint density at radius 1 is 1.00 bits per heavy atom. The molecule has 2 aliphatic rings. The van der Waals surface area contributed by atoms with Gasteiger partial charge in [-0.15, -0.1) is 0 Å². The Bertz CT molecular complexity index is 1270. The summed E-state index contributed by atoms with van der Waals surface area (Å²) < 4.78 is 28.5. The minimum atomic E-state index is -3.75. The zero-order chi connectivity index (χ0) is 26.4. The van der Waals surface area contributed by atoms with Crippen molar-refractivity contribution in [1.82, 2.24) is 20.2 Å². The summed E-state index contributed by atoms with van der Waals surface area (Å²) in [6.45, 7) is 4.62. The quantitative estimate of drug-likeness (QED) is 0.401. The number of piperazine rings is 1. The standard InChI is InChI=1S/C28H36N6O2S2/c35-38(36,27-9-5-2-6-10-27)34(21-24-20-29-22-31-24)26-13-11-25(12-14-26)32-15-17-33(18-16-32)28(37)30-19-23-7-3-1-4-8-23/h2,5-6,9-14,20,22-23H,1,3-4,7-8,15-19,21H2,(H,29,31)(H,30,37). The second kappa shape index (κ2) is 12.2. The van der Waals surface area contributed by atoms with Crippen molar-refractivity contribution in [2.75, 3.05) is 41.9 Å². The summed E-state index contributed by atoms with van der Waals surface area (Å²) in [5.41, 5.74) is 2.41. The van der Waals surface area contributed by atoms with Gasteiger partial charge in [0.25, 0.3) is 10.0 Å². The van der Waals surface area contributed by atoms with Crippen LogP contribution < -0.4 is 14.5 Å². The summed E-state index contributed by atoms with van der Waals surface area (Å²) in [5, 5.41) is 4.38. The molecular weight excluding hydrogens is 516 g/mol. The van der Waals surface area contributed by atoms with E-state index in [-0.39, 0.29) is 11.4 Å². The molecule has 38 heavy (non-hydrogen) atoms. The summed E-state index contributed by atoms with van der Waals surface area (Å²) in [6, 6.07) is 16.3. The Morgan fingerprint density at radius 3 is 2.37 bits per heavy atom. The summed E-state index contributed by atoms with van der Waals surface area (Å²) in [7, 11) is -3.75. The van der Waals surface area contributed by atoms with Crippen LogP contribution in [-0.4, -0.2) is 61.1 Å². The summed E-state index contributed by atoms with van der Waals surface area (Å²) >= 11 is 5.69. The molecule has 1 aliphatic carbocycles. The molecule has 3 aromatic rings. The second-order valence-corrected chi connectivity index (χ2v) is 12.3. The van der Waals surface area contributed by atoms with Crippen LogP contribution in [0.4, 0.5) is 11.4 Å². The van der Waals surface area contributed by atoms with Gasteiger partial charge in [-0.3, -0.25) is 4.31 Å². The van der Waals surface area contributed by atoms with Gasteiger partial charge in [0, 0.05) is 44.6 Å². The van der Waals surface area contributed by atoms with Crippen LogP contribution in [0.25, 0.3) is 0 Å². The van der Waals surface area contributed by atoms with Gasteiger partial charge in [-0.05, 0) is 67.4 Å². The van der Waals surface area contributed by atoms with Crippen molar-refractivity contribution in [2.24, 2.45) is 5.92 Å². The Hall–Kier alpha value is -3.11. The summed E-state index contributed by atoms with van der Waals surface area (Å²) in [6.07, 6.45) is 9.88. The van der Waals surface area contributed by atoms with E-state index in [2.05, 4.69) is 25.1 Å². The second-order valence-electron chi connectivity index (χ2n) is 10.1. The Morgan fingerprint density at radius 2 is 1.71 bits per heavy atom. The van der Waals surface area contributed by atoms with Crippen molar-refractivity contribution in [1.29, 1.82) is 0 Å². The highest BCUT2D eigenvalue weighted by atomic mass is 32.2. The lowest BCUT2D eigenvalue weighted by atomic mass is 9.89. The van der Waals surface area contributed by atoms with E-state index in [1.165, 1.54) is 36.4 Å². The van der Waals surface area contributed by atoms with E-state index >= 15 is 0 Å². The van der Waals surface area contributed by atoms with Crippen molar-refractivity contribution < 1.29 is 8.42 Å². The minimum absolute atomic E-state index is 0.167. The molecule has 2 fully saturated rings. The number of rotatable bonds is 8. The molecular formula is C28H36N6O2S2. The van der Waals surface area contributed by atoms with Gasteiger partial charge in [-0.25, -0.2) is 13.4 Å². The first-order valence-electron chi connectivity index (χ1n) is 13.4. The predicted octanol–water partition coefficient (Wildman–Crippen LogP) is 4.38. The zero-order valence-corrected chi connectivity index (χ0v) is 23.3. The molecule has 5 rings (SSSR count). The zero-order valence-electron chi connectivity index (χ0n) is 21.6. The fraction of sp³-hybridized carbons (Fsp3) is 0.429. The molecule has 0 amide bonds. The van der Waals surface area contributed by atoms with Gasteiger partial charge >= 0.3 is 0 Å². The summed E-state index contributed by atoms with van der Waals surface area (Å²) in [4.78, 5) is 11.9. The third-order valence-corrected chi connectivity index (χ3v) is 9.73. The van der Waals surface area contributed by atoms with Crippen molar-refractivity contribution in [3.8, 4) is 0 Å². The Labute approximate surface area is 231 Å². The number of thiocarbonyl (C=S) groups is 1. The van der Waals surface area contributed by atoms with Crippen LogP contribution in [0, 0.1) is 5.92 Å². The number of aromatic nitrogens is 2. The van der Waals surface area contributed by atoms with Crippen LogP contribution in [0.2, 0.25) is 0 Å². The van der Waals surface area contributed by atoms with Gasteiger partial charge in [-0.1, -0.05) is 37.5 Å². The maximum Gasteiger partial charge on any atom is 0.264 e. The van der Waals surface area contributed by atoms with E-state index in [9.17, 15) is 8.42 Å². The maximum atomic E-state index is 13.6. The number of imidazole rings is 1. The molecule has 0 unspecified atom stereocenters. The average Bonchev–Trinajstić information content (AvgIpc) is 3.49. The molecule has 1 saturated heterocycles. The van der Waals surface area contributed by atoms with Crippen molar-refractivity contribution >= 4 is 38.7 Å². The lowest BCUT2D eigenvalue weighted by Crippen LogP contribution is -2.52. The number of anilines is 2. The molecule has 0 atom stereocenters. The fourth-order valence-electron chi connectivity index (χ4n) is 5.29. The molecule has 2 aromatic carbocycles. The minimum Gasteiger partial charge on any atom is -0.368 e. The van der Waals surface area contributed by atoms with Gasteiger partial charge < -0.3 is 20.1 Å². The predicted molar refractivity (Wildman–Crippen MR) is 156 cm³/mol. The number of H-pyrrole nitrogens is 1. The SMILES string of the molecule is O=S(=O)(c1ccccc1)N(Cc1cnc[nH]1)c1ccc(N2CCN(C(=S)NCC3CCCCC3)CC2)cc1. The highest BCUT2D eigenvalue weighted by Gasteiger charge is 2.26. The van der Waals surface area contributed by atoms with Crippen LogP contribution >= 0.6 is 12.2 Å². The molecule has 1 saturated carbocycles. The first-order chi connectivity index (χ1) is 18.5. The van der Waals surface area contributed by atoms with Gasteiger partial charge in [0.05, 0.1) is 29.1 Å². The number of hydrogen-bond donors (Lipinski definition) is 2. The van der Waals surface area contributed by atoms with Gasteiger partial charge in [0.1, 0.15) is 0 Å². The van der Waals surface area contributed by atoms with E-state index in [1.54, 1.807) is 36.8 Å². The highest BCUT2D eigenvalue weighted by Crippen LogP contribution is 2.28. The van der Waals surface area contributed by atoms with E-state index in [1.807, 2.05) is 30.3 Å². The monoisotopic (exact) mass is 552 g/mol. The topological polar surface area (TPSA) is 84.6 Å². The molecule has 2 heterocycles. The molecule has 0 bridgehead atoms. The normalized spacial score (nSPS) is 16.8. The van der Waals surface area contributed by atoms with Gasteiger partial charge in [0.15, 0.2) is 5.11 Å². The third kappa shape index (κ3) is 6.30. The molecule has 1 aliphatic heterocycles. The molecule has 8 nitrogen and oxygen atoms in total. The van der Waals surface area contributed by atoms with Crippen LogP contribution in [0.15, 0.2) is 72.0 Å². The average molecular weight is 553 g/mol. The lowest BCUT2D eigenvalue weighted by Gasteiger charge is -2.38. The van der Waals surface area contributed by atoms with Crippen LogP contribution in [0.1, 0.15) is 37.8 Å². The third-order valence-electron chi connectivity index (χ3n) is 7.54. The highest BCUT2D eigenvalue weighted by molar-refractivity contribution is 7.92. The van der Waals surface area contributed by atoms with Gasteiger partial charge in [0.2, 0.25) is 0 Å². The molecule has 10 heteroatoms. The first-order valence-corrected chi connectivity index (χ1v) is 15.3. The number of aromatic amines is 1. The van der Waals surface area contributed by atoms with Crippen molar-refractivity contribution in [3.05, 3.63) is 72.8 Å². The van der Waals surface area contributed by atoms with E-state index in [0.29, 0.717) is 5.69 Å². The smallest absolute Gasteiger partial charge is 0.264 e. The molecule has 1 aromatic heterocycles. The number of sulfonamides is 1. The van der Waals surface area contributed by atoms with Crippen molar-refractivity contribution in [2.45, 2.75) is 43.5 Å². The number of nitrogens with zero attached hydrogens (tertiary/aromatic N) is 4. The fourth-order valence-corrected chi connectivity index (χ4v) is 7.02. The van der Waals surface area contributed by atoms with E-state index in [4.69, 9.17) is 12.2 Å². The van der Waals surface area contributed by atoms with E-state index in [0.717, 1.165) is 55.1 Å².